The Morgan fingerprint density at radius 1 is 0.865 bits per heavy atom. The molecule has 2 aromatic carbocycles. The molecule has 3 aliphatic heterocycles. The summed E-state index contributed by atoms with van der Waals surface area (Å²) in [6.07, 6.45) is 2.34. The summed E-state index contributed by atoms with van der Waals surface area (Å²) >= 11 is 0. The number of morpholine rings is 1. The average molecular weight is 503 g/mol. The third-order valence-corrected chi connectivity index (χ3v) is 8.68. The van der Waals surface area contributed by atoms with Gasteiger partial charge in [-0.25, -0.2) is 4.98 Å². The largest absolute Gasteiger partial charge is 0.378 e. The van der Waals surface area contributed by atoms with E-state index in [1.165, 1.54) is 46.3 Å². The zero-order chi connectivity index (χ0) is 25.4. The number of benzene rings is 2. The monoisotopic (exact) mass is 502 g/mol. The molecule has 37 heavy (non-hydrogen) atoms. The Hall–Kier alpha value is -2.61. The molecule has 0 saturated carbocycles. The van der Waals surface area contributed by atoms with Crippen LogP contribution in [0.2, 0.25) is 0 Å². The van der Waals surface area contributed by atoms with Crippen molar-refractivity contribution in [2.24, 2.45) is 7.05 Å². The van der Waals surface area contributed by atoms with E-state index in [0.717, 1.165) is 71.5 Å². The molecule has 4 heterocycles. The molecule has 0 aliphatic carbocycles. The van der Waals surface area contributed by atoms with Gasteiger partial charge in [0.1, 0.15) is 0 Å². The first-order valence-corrected chi connectivity index (χ1v) is 14.2. The predicted molar refractivity (Wildman–Crippen MR) is 153 cm³/mol. The number of fused-ring (bicyclic) bond motifs is 1. The van der Waals surface area contributed by atoms with Crippen molar-refractivity contribution in [1.82, 2.24) is 19.8 Å². The fourth-order valence-electron chi connectivity index (χ4n) is 6.32. The molecule has 3 saturated heterocycles. The number of nitrogens with zero attached hydrogens (tertiary/aromatic N) is 5. The van der Waals surface area contributed by atoms with E-state index in [4.69, 9.17) is 9.72 Å². The second-order valence-electron chi connectivity index (χ2n) is 11.2. The lowest BCUT2D eigenvalue weighted by atomic mass is 9.87. The Morgan fingerprint density at radius 3 is 2.24 bits per heavy atom. The fourth-order valence-corrected chi connectivity index (χ4v) is 6.32. The van der Waals surface area contributed by atoms with E-state index in [1.807, 2.05) is 0 Å². The minimum Gasteiger partial charge on any atom is -0.378 e. The zero-order valence-corrected chi connectivity index (χ0v) is 22.7. The van der Waals surface area contributed by atoms with Gasteiger partial charge in [0.05, 0.1) is 24.2 Å². The van der Waals surface area contributed by atoms with Gasteiger partial charge in [0, 0.05) is 58.0 Å². The number of anilines is 2. The molecule has 1 N–H and O–H groups in total. The van der Waals surface area contributed by atoms with Crippen LogP contribution in [0.1, 0.15) is 38.2 Å². The number of hydrogen-bond acceptors (Lipinski definition) is 6. The summed E-state index contributed by atoms with van der Waals surface area (Å²) in [4.78, 5) is 12.7. The lowest BCUT2D eigenvalue weighted by Crippen LogP contribution is -2.48. The quantitative estimate of drug-likeness (QED) is 0.568. The summed E-state index contributed by atoms with van der Waals surface area (Å²) in [5.74, 6) is 1.62. The first-order valence-electron chi connectivity index (χ1n) is 14.2. The van der Waals surface area contributed by atoms with Crippen LogP contribution in [0.25, 0.3) is 22.2 Å². The van der Waals surface area contributed by atoms with Crippen LogP contribution in [0, 0.1) is 0 Å². The Labute approximate surface area is 221 Å². The van der Waals surface area contributed by atoms with Crippen LogP contribution in [-0.2, 0) is 11.8 Å². The number of piperazine rings is 1. The molecule has 198 valence electrons. The van der Waals surface area contributed by atoms with Crippen LogP contribution in [0.15, 0.2) is 36.4 Å². The fraction of sp³-hybridized carbons (Fsp3) is 0.567. The maximum Gasteiger partial charge on any atom is 0.206 e. The molecular formula is C30H42N6O. The summed E-state index contributed by atoms with van der Waals surface area (Å²) in [6.45, 7) is 14.6. The first-order chi connectivity index (χ1) is 18.1. The zero-order valence-electron chi connectivity index (χ0n) is 22.7. The number of ether oxygens (including phenoxy) is 1. The topological polar surface area (TPSA) is 48.8 Å². The molecule has 0 amide bonds. The Bertz CT molecular complexity index is 1200. The highest BCUT2D eigenvalue weighted by Gasteiger charge is 2.25. The van der Waals surface area contributed by atoms with E-state index in [9.17, 15) is 0 Å². The number of imidazole rings is 1. The van der Waals surface area contributed by atoms with Crippen molar-refractivity contribution >= 4 is 22.7 Å². The number of aromatic nitrogens is 2. The Balaban J connectivity index is 1.33. The molecule has 0 unspecified atom stereocenters. The highest BCUT2D eigenvalue weighted by atomic mass is 16.5. The second-order valence-corrected chi connectivity index (χ2v) is 11.2. The lowest BCUT2D eigenvalue weighted by Gasteiger charge is -2.38. The lowest BCUT2D eigenvalue weighted by molar-refractivity contribution is 0.122. The van der Waals surface area contributed by atoms with E-state index < -0.39 is 0 Å². The van der Waals surface area contributed by atoms with Crippen molar-refractivity contribution in [2.45, 2.75) is 38.6 Å². The number of nitrogens with one attached hydrogen (secondary N) is 1. The predicted octanol–water partition coefficient (Wildman–Crippen LogP) is 4.07. The van der Waals surface area contributed by atoms with Crippen LogP contribution in [0.3, 0.4) is 0 Å². The van der Waals surface area contributed by atoms with Crippen LogP contribution >= 0.6 is 0 Å². The SMILES string of the molecule is CC(C)N1CCN(c2ccc(-c3cc(C4CCNCC4)c4nc(N5CCOCC5)n(C)c4c3)cc2)CC1. The summed E-state index contributed by atoms with van der Waals surface area (Å²) < 4.78 is 7.91. The summed E-state index contributed by atoms with van der Waals surface area (Å²) in [6, 6.07) is 14.7. The van der Waals surface area contributed by atoms with Gasteiger partial charge in [-0.15, -0.1) is 0 Å². The van der Waals surface area contributed by atoms with Crippen molar-refractivity contribution in [3.05, 3.63) is 42.0 Å². The molecule has 1 aromatic heterocycles. The van der Waals surface area contributed by atoms with E-state index in [0.29, 0.717) is 12.0 Å². The third kappa shape index (κ3) is 4.97. The van der Waals surface area contributed by atoms with Crippen LogP contribution in [-0.4, -0.2) is 86.1 Å². The minimum atomic E-state index is 0.549. The Kier molecular flexibility index (Phi) is 7.10. The van der Waals surface area contributed by atoms with Crippen LogP contribution in [0.5, 0.6) is 0 Å². The Morgan fingerprint density at radius 2 is 1.57 bits per heavy atom. The maximum atomic E-state index is 5.61. The van der Waals surface area contributed by atoms with Gasteiger partial charge < -0.3 is 24.4 Å². The number of piperidine rings is 1. The van der Waals surface area contributed by atoms with Gasteiger partial charge in [0.15, 0.2) is 0 Å². The molecule has 0 spiro atoms. The van der Waals surface area contributed by atoms with E-state index in [-0.39, 0.29) is 0 Å². The number of hydrogen-bond donors (Lipinski definition) is 1. The van der Waals surface area contributed by atoms with Gasteiger partial charge in [0.2, 0.25) is 5.95 Å². The van der Waals surface area contributed by atoms with Gasteiger partial charge in [-0.1, -0.05) is 12.1 Å². The van der Waals surface area contributed by atoms with Gasteiger partial charge in [0.25, 0.3) is 0 Å². The number of rotatable bonds is 5. The van der Waals surface area contributed by atoms with Crippen LogP contribution in [0.4, 0.5) is 11.6 Å². The average Bonchev–Trinajstić information content (AvgIpc) is 3.30. The first kappa shape index (κ1) is 24.7. The molecule has 0 atom stereocenters. The van der Waals surface area contributed by atoms with Crippen molar-refractivity contribution in [3.8, 4) is 11.1 Å². The minimum absolute atomic E-state index is 0.549. The van der Waals surface area contributed by atoms with E-state index in [2.05, 4.69) is 81.9 Å². The standard InChI is InChI=1S/C30H42N6O/c1-22(2)34-12-14-35(15-13-34)26-6-4-23(5-7-26)25-20-27(24-8-10-31-11-9-24)29-28(21-25)33(3)30(32-29)36-16-18-37-19-17-36/h4-7,20-22,24,31H,8-19H2,1-3H3. The molecule has 7 nitrogen and oxygen atoms in total. The summed E-state index contributed by atoms with van der Waals surface area (Å²) in [7, 11) is 2.18. The van der Waals surface area contributed by atoms with Crippen molar-refractivity contribution in [3.63, 3.8) is 0 Å². The van der Waals surface area contributed by atoms with Crippen LogP contribution < -0.4 is 15.1 Å². The van der Waals surface area contributed by atoms with E-state index in [1.54, 1.807) is 0 Å². The highest BCUT2D eigenvalue weighted by molar-refractivity contribution is 5.88. The van der Waals surface area contributed by atoms with Crippen molar-refractivity contribution < 1.29 is 4.74 Å². The normalized spacial score (nSPS) is 20.3. The van der Waals surface area contributed by atoms with E-state index >= 15 is 0 Å². The maximum absolute atomic E-state index is 5.61. The summed E-state index contributed by atoms with van der Waals surface area (Å²) in [5, 5.41) is 3.54. The summed E-state index contributed by atoms with van der Waals surface area (Å²) in [5.41, 5.74) is 7.75. The second kappa shape index (κ2) is 10.6. The molecule has 0 radical (unpaired) electrons. The molecule has 3 aromatic rings. The van der Waals surface area contributed by atoms with Gasteiger partial charge in [-0.05, 0) is 86.7 Å². The van der Waals surface area contributed by atoms with Crippen molar-refractivity contribution in [1.29, 1.82) is 0 Å². The highest BCUT2D eigenvalue weighted by Crippen LogP contribution is 2.37. The molecule has 0 bridgehead atoms. The molecule has 3 aliphatic rings. The molecule has 3 fully saturated rings. The number of aryl methyl sites for hydroxylation is 1. The molecular weight excluding hydrogens is 460 g/mol. The molecule has 7 heteroatoms. The van der Waals surface area contributed by atoms with Crippen molar-refractivity contribution in [2.75, 3.05) is 75.4 Å². The molecule has 6 rings (SSSR count). The van der Waals surface area contributed by atoms with Gasteiger partial charge >= 0.3 is 0 Å². The third-order valence-electron chi connectivity index (χ3n) is 8.68. The van der Waals surface area contributed by atoms with Gasteiger partial charge in [-0.3, -0.25) is 4.90 Å². The van der Waals surface area contributed by atoms with Gasteiger partial charge in [-0.2, -0.15) is 0 Å². The smallest absolute Gasteiger partial charge is 0.206 e.